The fraction of sp³-hybridized carbons (Fsp3) is 0.471. The SMILES string of the molecule is CN1CCC(C)(CNc2ccc(N)c3cnccc23)CC1. The first-order valence-corrected chi connectivity index (χ1v) is 7.62. The van der Waals surface area contributed by atoms with Crippen LogP contribution in [0.5, 0.6) is 0 Å². The van der Waals surface area contributed by atoms with Gasteiger partial charge in [0, 0.05) is 41.1 Å². The molecule has 3 N–H and O–H groups in total. The summed E-state index contributed by atoms with van der Waals surface area (Å²) in [6.45, 7) is 5.76. The summed E-state index contributed by atoms with van der Waals surface area (Å²) in [7, 11) is 2.20. The first-order valence-electron chi connectivity index (χ1n) is 7.62. The molecule has 3 rings (SSSR count). The van der Waals surface area contributed by atoms with Crippen LogP contribution in [-0.4, -0.2) is 36.6 Å². The van der Waals surface area contributed by atoms with Gasteiger partial charge in [-0.25, -0.2) is 0 Å². The first kappa shape index (κ1) is 14.1. The molecule has 1 aromatic carbocycles. The number of piperidine rings is 1. The van der Waals surface area contributed by atoms with Gasteiger partial charge in [0.15, 0.2) is 0 Å². The van der Waals surface area contributed by atoms with E-state index >= 15 is 0 Å². The molecule has 2 aromatic rings. The molecule has 2 heterocycles. The topological polar surface area (TPSA) is 54.2 Å². The van der Waals surface area contributed by atoms with Crippen LogP contribution < -0.4 is 11.1 Å². The van der Waals surface area contributed by atoms with E-state index in [1.54, 1.807) is 0 Å². The minimum atomic E-state index is 0.368. The zero-order chi connectivity index (χ0) is 14.9. The average molecular weight is 284 g/mol. The summed E-state index contributed by atoms with van der Waals surface area (Å²) >= 11 is 0. The van der Waals surface area contributed by atoms with Gasteiger partial charge in [-0.05, 0) is 56.6 Å². The Hall–Kier alpha value is -1.81. The number of benzene rings is 1. The molecular formula is C17H24N4. The number of hydrogen-bond acceptors (Lipinski definition) is 4. The molecule has 1 aliphatic heterocycles. The van der Waals surface area contributed by atoms with Crippen LogP contribution in [0.3, 0.4) is 0 Å². The van der Waals surface area contributed by atoms with E-state index in [0.717, 1.165) is 28.7 Å². The number of nitrogens with two attached hydrogens (primary N) is 1. The fourth-order valence-corrected chi connectivity index (χ4v) is 3.01. The molecule has 0 spiro atoms. The highest BCUT2D eigenvalue weighted by Crippen LogP contribution is 2.33. The van der Waals surface area contributed by atoms with E-state index in [1.807, 2.05) is 24.5 Å². The van der Waals surface area contributed by atoms with Gasteiger partial charge < -0.3 is 16.0 Å². The Morgan fingerprint density at radius 2 is 2.00 bits per heavy atom. The molecule has 112 valence electrons. The van der Waals surface area contributed by atoms with Gasteiger partial charge in [-0.3, -0.25) is 4.98 Å². The van der Waals surface area contributed by atoms with Gasteiger partial charge in [-0.2, -0.15) is 0 Å². The Balaban J connectivity index is 1.78. The van der Waals surface area contributed by atoms with Gasteiger partial charge in [0.25, 0.3) is 0 Å². The van der Waals surface area contributed by atoms with Crippen LogP contribution in [0.1, 0.15) is 19.8 Å². The van der Waals surface area contributed by atoms with E-state index < -0.39 is 0 Å². The van der Waals surface area contributed by atoms with E-state index in [0.29, 0.717) is 5.41 Å². The van der Waals surface area contributed by atoms with E-state index in [2.05, 4.69) is 35.2 Å². The number of likely N-dealkylation sites (tertiary alicyclic amines) is 1. The van der Waals surface area contributed by atoms with Crippen molar-refractivity contribution < 1.29 is 0 Å². The van der Waals surface area contributed by atoms with E-state index in [-0.39, 0.29) is 0 Å². The molecule has 0 aliphatic carbocycles. The van der Waals surface area contributed by atoms with Crippen molar-refractivity contribution in [2.24, 2.45) is 5.41 Å². The minimum absolute atomic E-state index is 0.368. The number of aromatic nitrogens is 1. The Morgan fingerprint density at radius 3 is 2.76 bits per heavy atom. The van der Waals surface area contributed by atoms with Gasteiger partial charge >= 0.3 is 0 Å². The molecule has 21 heavy (non-hydrogen) atoms. The standard InChI is InChI=1S/C17H24N4/c1-17(6-9-21(2)10-7-17)12-20-16-4-3-15(18)14-11-19-8-5-13(14)16/h3-5,8,11,20H,6-7,9-10,12,18H2,1-2H3. The van der Waals surface area contributed by atoms with Crippen molar-refractivity contribution >= 4 is 22.1 Å². The van der Waals surface area contributed by atoms with Crippen LogP contribution in [0.2, 0.25) is 0 Å². The predicted molar refractivity (Wildman–Crippen MR) is 89.5 cm³/mol. The van der Waals surface area contributed by atoms with Crippen LogP contribution in [0, 0.1) is 5.41 Å². The third kappa shape index (κ3) is 2.95. The Labute approximate surface area is 126 Å². The van der Waals surface area contributed by atoms with Gasteiger partial charge in [0.2, 0.25) is 0 Å². The third-order valence-corrected chi connectivity index (χ3v) is 4.75. The molecule has 1 fully saturated rings. The number of hydrogen-bond donors (Lipinski definition) is 2. The van der Waals surface area contributed by atoms with Gasteiger partial charge in [0.1, 0.15) is 0 Å². The summed E-state index contributed by atoms with van der Waals surface area (Å²) < 4.78 is 0. The lowest BCUT2D eigenvalue weighted by atomic mass is 9.80. The van der Waals surface area contributed by atoms with Crippen molar-refractivity contribution in [3.8, 4) is 0 Å². The minimum Gasteiger partial charge on any atom is -0.398 e. The van der Waals surface area contributed by atoms with Crippen LogP contribution in [0.4, 0.5) is 11.4 Å². The Bertz CT molecular complexity index is 630. The lowest BCUT2D eigenvalue weighted by Gasteiger charge is -2.38. The molecule has 1 aliphatic rings. The molecule has 0 atom stereocenters. The van der Waals surface area contributed by atoms with Crippen molar-refractivity contribution in [3.05, 3.63) is 30.6 Å². The van der Waals surface area contributed by atoms with E-state index in [9.17, 15) is 0 Å². The lowest BCUT2D eigenvalue weighted by molar-refractivity contribution is 0.150. The lowest BCUT2D eigenvalue weighted by Crippen LogP contribution is -2.40. The smallest absolute Gasteiger partial charge is 0.0422 e. The Kier molecular flexibility index (Phi) is 3.72. The van der Waals surface area contributed by atoms with Crippen molar-refractivity contribution in [1.82, 2.24) is 9.88 Å². The summed E-state index contributed by atoms with van der Waals surface area (Å²) in [6, 6.07) is 6.07. The molecule has 0 saturated carbocycles. The molecule has 0 unspecified atom stereocenters. The third-order valence-electron chi connectivity index (χ3n) is 4.75. The largest absolute Gasteiger partial charge is 0.398 e. The summed E-state index contributed by atoms with van der Waals surface area (Å²) in [4.78, 5) is 6.58. The van der Waals surface area contributed by atoms with Crippen molar-refractivity contribution in [1.29, 1.82) is 0 Å². The van der Waals surface area contributed by atoms with Crippen molar-refractivity contribution in [2.75, 3.05) is 37.7 Å². The van der Waals surface area contributed by atoms with Gasteiger partial charge in [0.05, 0.1) is 0 Å². The highest BCUT2D eigenvalue weighted by molar-refractivity contribution is 6.00. The van der Waals surface area contributed by atoms with Crippen LogP contribution in [-0.2, 0) is 0 Å². The predicted octanol–water partition coefficient (Wildman–Crippen LogP) is 2.96. The summed E-state index contributed by atoms with van der Waals surface area (Å²) in [5, 5.41) is 5.82. The molecule has 4 heteroatoms. The zero-order valence-corrected chi connectivity index (χ0v) is 12.9. The van der Waals surface area contributed by atoms with Gasteiger partial charge in [-0.15, -0.1) is 0 Å². The average Bonchev–Trinajstić information content (AvgIpc) is 2.50. The molecule has 1 saturated heterocycles. The number of rotatable bonds is 3. The maximum atomic E-state index is 6.03. The van der Waals surface area contributed by atoms with Crippen LogP contribution >= 0.6 is 0 Å². The molecule has 0 amide bonds. The molecular weight excluding hydrogens is 260 g/mol. The number of nitrogens with zero attached hydrogens (tertiary/aromatic N) is 2. The summed E-state index contributed by atoms with van der Waals surface area (Å²) in [5.74, 6) is 0. The first-order chi connectivity index (χ1) is 10.1. The number of pyridine rings is 1. The number of nitrogens with one attached hydrogen (secondary N) is 1. The molecule has 0 bridgehead atoms. The summed E-state index contributed by atoms with van der Waals surface area (Å²) in [5.41, 5.74) is 8.34. The maximum absolute atomic E-state index is 6.03. The molecule has 0 radical (unpaired) electrons. The number of fused-ring (bicyclic) bond motifs is 1. The highest BCUT2D eigenvalue weighted by atomic mass is 15.1. The van der Waals surface area contributed by atoms with Gasteiger partial charge in [-0.1, -0.05) is 6.92 Å². The van der Waals surface area contributed by atoms with Crippen molar-refractivity contribution in [3.63, 3.8) is 0 Å². The maximum Gasteiger partial charge on any atom is 0.0422 e. The van der Waals surface area contributed by atoms with E-state index in [1.165, 1.54) is 25.9 Å². The second-order valence-electron chi connectivity index (χ2n) is 6.59. The quantitative estimate of drug-likeness (QED) is 0.851. The zero-order valence-electron chi connectivity index (χ0n) is 12.9. The van der Waals surface area contributed by atoms with Crippen LogP contribution in [0.15, 0.2) is 30.6 Å². The molecule has 1 aromatic heterocycles. The van der Waals surface area contributed by atoms with Crippen molar-refractivity contribution in [2.45, 2.75) is 19.8 Å². The normalized spacial score (nSPS) is 18.8. The summed E-state index contributed by atoms with van der Waals surface area (Å²) in [6.07, 6.45) is 6.15. The van der Waals surface area contributed by atoms with E-state index in [4.69, 9.17) is 5.73 Å². The number of anilines is 2. The number of nitrogen functional groups attached to an aromatic ring is 1. The highest BCUT2D eigenvalue weighted by Gasteiger charge is 2.28. The second-order valence-corrected chi connectivity index (χ2v) is 6.59. The Morgan fingerprint density at radius 1 is 1.24 bits per heavy atom. The monoisotopic (exact) mass is 284 g/mol. The molecule has 4 nitrogen and oxygen atoms in total. The van der Waals surface area contributed by atoms with Crippen LogP contribution in [0.25, 0.3) is 10.8 Å². The second kappa shape index (κ2) is 5.53. The fourth-order valence-electron chi connectivity index (χ4n) is 3.01.